The van der Waals surface area contributed by atoms with Crippen LogP contribution in [-0.4, -0.2) is 0 Å². The lowest BCUT2D eigenvalue weighted by Gasteiger charge is -2.16. The van der Waals surface area contributed by atoms with Gasteiger partial charge in [0.2, 0.25) is 0 Å². The molecule has 0 N–H and O–H groups in total. The Morgan fingerprint density at radius 1 is 0.731 bits per heavy atom. The van der Waals surface area contributed by atoms with Crippen LogP contribution in [0.5, 0.6) is 0 Å². The molecule has 0 bridgehead atoms. The molecule has 0 heteroatoms. The van der Waals surface area contributed by atoms with E-state index in [1.165, 1.54) is 0 Å². The minimum Gasteiger partial charge on any atom is -0.120 e. The molecule has 134 valence electrons. The molecule has 1 aromatic carbocycles. The Labute approximate surface area is 161 Å². The monoisotopic (exact) mass is 342 g/mol. The molecule has 1 aromatic rings. The Hall–Kier alpha value is -2.54. The maximum Gasteiger partial charge on any atom is 0.0278 e. The van der Waals surface area contributed by atoms with Gasteiger partial charge in [0.15, 0.2) is 0 Å². The van der Waals surface area contributed by atoms with Crippen LogP contribution >= 0.6 is 0 Å². The van der Waals surface area contributed by atoms with E-state index in [0.29, 0.717) is 0 Å². The topological polar surface area (TPSA) is 0 Å². The van der Waals surface area contributed by atoms with E-state index in [2.05, 4.69) is 37.5 Å². The third-order valence-corrected chi connectivity index (χ3v) is 4.86. The zero-order chi connectivity index (χ0) is 19.4. The lowest BCUT2D eigenvalue weighted by Crippen LogP contribution is -2.08. The molecule has 0 amide bonds. The lowest BCUT2D eigenvalue weighted by molar-refractivity contribution is 0.564. The van der Waals surface area contributed by atoms with Gasteiger partial charge < -0.3 is 0 Å². The minimum atomic E-state index is 0.196. The van der Waals surface area contributed by atoms with Crippen molar-refractivity contribution in [2.24, 2.45) is 11.8 Å². The van der Waals surface area contributed by atoms with Crippen molar-refractivity contribution in [1.82, 2.24) is 0 Å². The molecule has 0 fully saturated rings. The molecule has 0 aliphatic heterocycles. The molecule has 0 saturated carbocycles. The standard InChI is InChI=1S/C26H30/c1-7-13-15-21(9-3)17-25-19-24(12-6)26(20-23(25)11-5)18-22(10-4)16-14-8-2/h3-6,19-22H,7-8,13-18H2,1-2H3. The van der Waals surface area contributed by atoms with Crippen molar-refractivity contribution in [2.75, 3.05) is 0 Å². The summed E-state index contributed by atoms with van der Waals surface area (Å²) in [7, 11) is 0. The smallest absolute Gasteiger partial charge is 0.0278 e. The molecule has 0 aromatic heterocycles. The Balaban J connectivity index is 3.11. The fraction of sp³-hybridized carbons (Fsp3) is 0.462. The van der Waals surface area contributed by atoms with Gasteiger partial charge in [-0.3, -0.25) is 0 Å². The van der Waals surface area contributed by atoms with Gasteiger partial charge in [-0.05, 0) is 48.9 Å². The SMILES string of the molecule is C#Cc1cc(CC(C#C)CCCC)c(C#C)cc1CC(C#C)CCCC. The molecule has 0 aliphatic carbocycles. The molecule has 26 heavy (non-hydrogen) atoms. The first-order chi connectivity index (χ1) is 12.6. The molecular weight excluding hydrogens is 312 g/mol. The second-order valence-electron chi connectivity index (χ2n) is 6.88. The van der Waals surface area contributed by atoms with E-state index in [-0.39, 0.29) is 11.8 Å². The van der Waals surface area contributed by atoms with Gasteiger partial charge in [0.25, 0.3) is 0 Å². The van der Waals surface area contributed by atoms with Crippen LogP contribution in [0.1, 0.15) is 74.6 Å². The van der Waals surface area contributed by atoms with E-state index in [1.54, 1.807) is 0 Å². The summed E-state index contributed by atoms with van der Waals surface area (Å²) < 4.78 is 0. The van der Waals surface area contributed by atoms with Gasteiger partial charge in [-0.2, -0.15) is 0 Å². The fourth-order valence-corrected chi connectivity index (χ4v) is 3.22. The number of benzene rings is 1. The first-order valence-corrected chi connectivity index (χ1v) is 9.64. The summed E-state index contributed by atoms with van der Waals surface area (Å²) in [5, 5.41) is 0. The van der Waals surface area contributed by atoms with Crippen LogP contribution in [0, 0.1) is 61.2 Å². The van der Waals surface area contributed by atoms with Gasteiger partial charge in [0.05, 0.1) is 0 Å². The van der Waals surface area contributed by atoms with Gasteiger partial charge in [-0.15, -0.1) is 37.5 Å². The number of hydrogen-bond acceptors (Lipinski definition) is 0. The van der Waals surface area contributed by atoms with E-state index >= 15 is 0 Å². The van der Waals surface area contributed by atoms with E-state index in [9.17, 15) is 0 Å². The van der Waals surface area contributed by atoms with Crippen LogP contribution in [0.25, 0.3) is 0 Å². The van der Waals surface area contributed by atoms with Crippen LogP contribution in [0.4, 0.5) is 0 Å². The Morgan fingerprint density at radius 3 is 1.38 bits per heavy atom. The highest BCUT2D eigenvalue weighted by Crippen LogP contribution is 2.24. The average molecular weight is 343 g/mol. The highest BCUT2D eigenvalue weighted by atomic mass is 14.2. The third-order valence-electron chi connectivity index (χ3n) is 4.86. The molecule has 1 rings (SSSR count). The Bertz CT molecular complexity index is 671. The van der Waals surface area contributed by atoms with Gasteiger partial charge >= 0.3 is 0 Å². The normalized spacial score (nSPS) is 12.2. The summed E-state index contributed by atoms with van der Waals surface area (Å²) in [6.45, 7) is 4.35. The maximum atomic E-state index is 5.78. The Kier molecular flexibility index (Phi) is 9.86. The molecule has 2 atom stereocenters. The molecule has 0 spiro atoms. The summed E-state index contributed by atoms with van der Waals surface area (Å²) >= 11 is 0. The molecule has 0 nitrogen and oxygen atoms in total. The largest absolute Gasteiger partial charge is 0.120 e. The molecule has 0 heterocycles. The van der Waals surface area contributed by atoms with Gasteiger partial charge in [-0.1, -0.05) is 51.4 Å². The van der Waals surface area contributed by atoms with Crippen molar-refractivity contribution in [2.45, 2.75) is 65.2 Å². The summed E-state index contributed by atoms with van der Waals surface area (Å²) in [6, 6.07) is 4.10. The summed E-state index contributed by atoms with van der Waals surface area (Å²) in [4.78, 5) is 0. The van der Waals surface area contributed by atoms with Crippen molar-refractivity contribution in [3.63, 3.8) is 0 Å². The van der Waals surface area contributed by atoms with Crippen molar-refractivity contribution in [3.05, 3.63) is 34.4 Å². The number of rotatable bonds is 10. The number of unbranched alkanes of at least 4 members (excludes halogenated alkanes) is 2. The molecule has 0 aliphatic rings. The number of hydrogen-bond donors (Lipinski definition) is 0. The highest BCUT2D eigenvalue weighted by Gasteiger charge is 2.15. The summed E-state index contributed by atoms with van der Waals surface area (Å²) in [5.74, 6) is 11.8. The summed E-state index contributed by atoms with van der Waals surface area (Å²) in [6.07, 6.45) is 31.1. The van der Waals surface area contributed by atoms with Crippen LogP contribution in [-0.2, 0) is 12.8 Å². The summed E-state index contributed by atoms with van der Waals surface area (Å²) in [5.41, 5.74) is 3.94. The van der Waals surface area contributed by atoms with E-state index in [1.807, 2.05) is 12.1 Å². The Morgan fingerprint density at radius 2 is 1.12 bits per heavy atom. The van der Waals surface area contributed by atoms with Crippen LogP contribution < -0.4 is 0 Å². The van der Waals surface area contributed by atoms with E-state index in [0.717, 1.165) is 73.6 Å². The van der Waals surface area contributed by atoms with Gasteiger partial charge in [-0.25, -0.2) is 0 Å². The van der Waals surface area contributed by atoms with Gasteiger partial charge in [0, 0.05) is 23.0 Å². The van der Waals surface area contributed by atoms with E-state index < -0.39 is 0 Å². The van der Waals surface area contributed by atoms with Crippen molar-refractivity contribution in [1.29, 1.82) is 0 Å². The zero-order valence-corrected chi connectivity index (χ0v) is 16.3. The predicted octanol–water partition coefficient (Wildman–Crippen LogP) is 5.61. The van der Waals surface area contributed by atoms with Crippen molar-refractivity contribution < 1.29 is 0 Å². The molecule has 0 radical (unpaired) electrons. The fourth-order valence-electron chi connectivity index (χ4n) is 3.22. The first kappa shape index (κ1) is 21.5. The maximum absolute atomic E-state index is 5.78. The highest BCUT2D eigenvalue weighted by molar-refractivity contribution is 5.52. The van der Waals surface area contributed by atoms with Crippen LogP contribution in [0.15, 0.2) is 12.1 Å². The van der Waals surface area contributed by atoms with E-state index in [4.69, 9.17) is 25.7 Å². The van der Waals surface area contributed by atoms with Crippen molar-refractivity contribution >= 4 is 0 Å². The van der Waals surface area contributed by atoms with Crippen LogP contribution in [0.2, 0.25) is 0 Å². The second-order valence-corrected chi connectivity index (χ2v) is 6.88. The van der Waals surface area contributed by atoms with Crippen LogP contribution in [0.3, 0.4) is 0 Å². The first-order valence-electron chi connectivity index (χ1n) is 9.64. The lowest BCUT2D eigenvalue weighted by atomic mass is 9.86. The third kappa shape index (κ3) is 6.40. The zero-order valence-electron chi connectivity index (χ0n) is 16.3. The average Bonchev–Trinajstić information content (AvgIpc) is 2.68. The second kappa shape index (κ2) is 11.9. The number of terminal acetylenes is 4. The minimum absolute atomic E-state index is 0.196. The molecule has 0 saturated heterocycles. The predicted molar refractivity (Wildman–Crippen MR) is 113 cm³/mol. The molecular formula is C26H30. The quantitative estimate of drug-likeness (QED) is 0.485. The van der Waals surface area contributed by atoms with Crippen molar-refractivity contribution in [3.8, 4) is 49.4 Å². The molecule has 2 unspecified atom stereocenters. The van der Waals surface area contributed by atoms with Gasteiger partial charge in [0.1, 0.15) is 0 Å².